The molecule has 6 nitrogen and oxygen atoms in total. The van der Waals surface area contributed by atoms with Crippen molar-refractivity contribution >= 4 is 5.97 Å². The number of nitrogens with zero attached hydrogens (tertiary/aromatic N) is 2. The highest BCUT2D eigenvalue weighted by Gasteiger charge is 2.30. The first-order chi connectivity index (χ1) is 14.1. The number of ether oxygens (including phenoxy) is 1. The fourth-order valence-electron chi connectivity index (χ4n) is 3.64. The minimum atomic E-state index is -0.736. The van der Waals surface area contributed by atoms with E-state index in [1.54, 1.807) is 0 Å². The number of carboxylic acid groups (broad SMARTS) is 1. The zero-order valence-corrected chi connectivity index (χ0v) is 16.4. The van der Waals surface area contributed by atoms with Crippen molar-refractivity contribution in [3.05, 3.63) is 71.6 Å². The normalized spacial score (nSPS) is 16.8. The predicted octanol–water partition coefficient (Wildman–Crippen LogP) is 4.28. The van der Waals surface area contributed by atoms with Crippen LogP contribution < -0.4 is 4.74 Å². The van der Waals surface area contributed by atoms with Crippen molar-refractivity contribution in [1.29, 1.82) is 0 Å². The first kappa shape index (κ1) is 19.2. The predicted molar refractivity (Wildman–Crippen MR) is 109 cm³/mol. The second-order valence-corrected chi connectivity index (χ2v) is 7.29. The van der Waals surface area contributed by atoms with Gasteiger partial charge < -0.3 is 14.3 Å². The standard InChI is InChI=1S/C23H24N2O4/c1-16-20(24-22(29-16)18-6-3-2-4-7-18)15-28-19-11-9-17(10-12-19)14-25-13-5-8-21(25)23(26)27/h2-4,6-7,9-12,21H,5,8,13-15H2,1H3,(H,26,27)/t21-/m1/s1. The topological polar surface area (TPSA) is 75.8 Å². The summed E-state index contributed by atoms with van der Waals surface area (Å²) >= 11 is 0. The van der Waals surface area contributed by atoms with Gasteiger partial charge in [-0.25, -0.2) is 4.98 Å². The zero-order valence-electron chi connectivity index (χ0n) is 16.4. The highest BCUT2D eigenvalue weighted by atomic mass is 16.5. The third-order valence-corrected chi connectivity index (χ3v) is 5.25. The van der Waals surface area contributed by atoms with Gasteiger partial charge in [0.1, 0.15) is 29.9 Å². The van der Waals surface area contributed by atoms with Gasteiger partial charge in [0.05, 0.1) is 0 Å². The van der Waals surface area contributed by atoms with Gasteiger partial charge >= 0.3 is 5.97 Å². The summed E-state index contributed by atoms with van der Waals surface area (Å²) < 4.78 is 11.6. The number of hydrogen-bond acceptors (Lipinski definition) is 5. The van der Waals surface area contributed by atoms with Gasteiger partial charge in [0.2, 0.25) is 5.89 Å². The number of aliphatic carboxylic acids is 1. The molecule has 0 radical (unpaired) electrons. The molecule has 2 aromatic carbocycles. The van der Waals surface area contributed by atoms with Crippen molar-refractivity contribution in [3.63, 3.8) is 0 Å². The van der Waals surface area contributed by atoms with E-state index in [1.807, 2.05) is 66.4 Å². The third kappa shape index (κ3) is 4.49. The molecule has 150 valence electrons. The van der Waals surface area contributed by atoms with E-state index in [9.17, 15) is 9.90 Å². The second-order valence-electron chi connectivity index (χ2n) is 7.29. The molecule has 3 aromatic rings. The van der Waals surface area contributed by atoms with Crippen LogP contribution in [0.3, 0.4) is 0 Å². The highest BCUT2D eigenvalue weighted by molar-refractivity contribution is 5.73. The fourth-order valence-corrected chi connectivity index (χ4v) is 3.64. The molecule has 0 bridgehead atoms. The largest absolute Gasteiger partial charge is 0.487 e. The minimum Gasteiger partial charge on any atom is -0.487 e. The molecular formula is C23H24N2O4. The van der Waals surface area contributed by atoms with Gasteiger partial charge in [-0.15, -0.1) is 0 Å². The van der Waals surface area contributed by atoms with E-state index in [-0.39, 0.29) is 6.04 Å². The smallest absolute Gasteiger partial charge is 0.320 e. The van der Waals surface area contributed by atoms with Gasteiger partial charge in [-0.05, 0) is 56.1 Å². The molecular weight excluding hydrogens is 368 g/mol. The Labute approximate surface area is 169 Å². The summed E-state index contributed by atoms with van der Waals surface area (Å²) in [6.07, 6.45) is 1.65. The van der Waals surface area contributed by atoms with Gasteiger partial charge in [0.15, 0.2) is 0 Å². The Hall–Kier alpha value is -3.12. The molecule has 1 aliphatic heterocycles. The highest BCUT2D eigenvalue weighted by Crippen LogP contribution is 2.24. The molecule has 0 aliphatic carbocycles. The van der Waals surface area contributed by atoms with Crippen LogP contribution in [0.2, 0.25) is 0 Å². The molecule has 4 rings (SSSR count). The summed E-state index contributed by atoms with van der Waals surface area (Å²) in [5.41, 5.74) is 2.79. The molecule has 6 heteroatoms. The van der Waals surface area contributed by atoms with E-state index >= 15 is 0 Å². The lowest BCUT2D eigenvalue weighted by Gasteiger charge is -2.21. The zero-order chi connectivity index (χ0) is 20.2. The first-order valence-corrected chi connectivity index (χ1v) is 9.80. The molecule has 1 aromatic heterocycles. The van der Waals surface area contributed by atoms with E-state index in [4.69, 9.17) is 9.15 Å². The van der Waals surface area contributed by atoms with Gasteiger partial charge in [-0.3, -0.25) is 9.69 Å². The first-order valence-electron chi connectivity index (χ1n) is 9.80. The molecule has 0 unspecified atom stereocenters. The van der Waals surface area contributed by atoms with Crippen LogP contribution in [0.25, 0.3) is 11.5 Å². The van der Waals surface area contributed by atoms with Gasteiger partial charge in [-0.2, -0.15) is 0 Å². The van der Waals surface area contributed by atoms with E-state index in [1.165, 1.54) is 0 Å². The Morgan fingerprint density at radius 3 is 2.69 bits per heavy atom. The molecule has 0 saturated carbocycles. The maximum Gasteiger partial charge on any atom is 0.320 e. The Morgan fingerprint density at radius 1 is 1.21 bits per heavy atom. The van der Waals surface area contributed by atoms with Crippen molar-refractivity contribution in [2.75, 3.05) is 6.54 Å². The van der Waals surface area contributed by atoms with Crippen LogP contribution in [0.4, 0.5) is 0 Å². The van der Waals surface area contributed by atoms with E-state index in [0.29, 0.717) is 19.0 Å². The average molecular weight is 392 g/mol. The number of aromatic nitrogens is 1. The average Bonchev–Trinajstić information content (AvgIpc) is 3.35. The molecule has 1 N–H and O–H groups in total. The molecule has 1 saturated heterocycles. The van der Waals surface area contributed by atoms with Crippen molar-refractivity contribution in [3.8, 4) is 17.2 Å². The van der Waals surface area contributed by atoms with E-state index in [0.717, 1.165) is 47.7 Å². The minimum absolute atomic E-state index is 0.328. The molecule has 0 spiro atoms. The van der Waals surface area contributed by atoms with Gasteiger partial charge in [0.25, 0.3) is 0 Å². The van der Waals surface area contributed by atoms with Crippen molar-refractivity contribution in [2.45, 2.75) is 39.0 Å². The van der Waals surface area contributed by atoms with Gasteiger partial charge in [-0.1, -0.05) is 30.3 Å². The number of oxazole rings is 1. The maximum atomic E-state index is 11.3. The van der Waals surface area contributed by atoms with Crippen molar-refractivity contribution in [1.82, 2.24) is 9.88 Å². The Bertz CT molecular complexity index is 966. The third-order valence-electron chi connectivity index (χ3n) is 5.25. The number of rotatable bonds is 7. The molecule has 0 amide bonds. The quantitative estimate of drug-likeness (QED) is 0.647. The second kappa shape index (κ2) is 8.49. The Morgan fingerprint density at radius 2 is 1.97 bits per heavy atom. The summed E-state index contributed by atoms with van der Waals surface area (Å²) in [7, 11) is 0. The van der Waals surface area contributed by atoms with Crippen LogP contribution in [-0.4, -0.2) is 33.5 Å². The Kier molecular flexibility index (Phi) is 5.62. The van der Waals surface area contributed by atoms with Gasteiger partial charge in [0, 0.05) is 12.1 Å². The van der Waals surface area contributed by atoms with Crippen LogP contribution in [-0.2, 0) is 17.9 Å². The fraction of sp³-hybridized carbons (Fsp3) is 0.304. The monoisotopic (exact) mass is 392 g/mol. The van der Waals surface area contributed by atoms with Crippen LogP contribution in [0.15, 0.2) is 59.0 Å². The summed E-state index contributed by atoms with van der Waals surface area (Å²) in [5, 5.41) is 9.31. The molecule has 1 fully saturated rings. The lowest BCUT2D eigenvalue weighted by molar-refractivity contribution is -0.142. The SMILES string of the molecule is Cc1oc(-c2ccccc2)nc1COc1ccc(CN2CCC[C@@H]2C(=O)O)cc1. The van der Waals surface area contributed by atoms with E-state index < -0.39 is 5.97 Å². The summed E-state index contributed by atoms with van der Waals surface area (Å²) in [6.45, 7) is 3.68. The number of aryl methyl sites for hydroxylation is 1. The number of carboxylic acids is 1. The Balaban J connectivity index is 1.36. The molecule has 29 heavy (non-hydrogen) atoms. The lowest BCUT2D eigenvalue weighted by Crippen LogP contribution is -2.35. The number of carbonyl (C=O) groups is 1. The van der Waals surface area contributed by atoms with Crippen molar-refractivity contribution in [2.24, 2.45) is 0 Å². The van der Waals surface area contributed by atoms with Crippen LogP contribution in [0.1, 0.15) is 29.9 Å². The number of hydrogen-bond donors (Lipinski definition) is 1. The summed E-state index contributed by atoms with van der Waals surface area (Å²) in [5.74, 6) is 1.35. The van der Waals surface area contributed by atoms with E-state index in [2.05, 4.69) is 4.98 Å². The molecule has 1 aliphatic rings. The number of likely N-dealkylation sites (tertiary alicyclic amines) is 1. The molecule has 1 atom stereocenters. The van der Waals surface area contributed by atoms with Crippen LogP contribution in [0, 0.1) is 6.92 Å². The lowest BCUT2D eigenvalue weighted by atomic mass is 10.2. The maximum absolute atomic E-state index is 11.3. The number of benzene rings is 2. The van der Waals surface area contributed by atoms with Crippen molar-refractivity contribution < 1.29 is 19.1 Å². The summed E-state index contributed by atoms with van der Waals surface area (Å²) in [4.78, 5) is 17.9. The van der Waals surface area contributed by atoms with Crippen LogP contribution >= 0.6 is 0 Å². The van der Waals surface area contributed by atoms with Crippen LogP contribution in [0.5, 0.6) is 5.75 Å². The molecule has 2 heterocycles. The summed E-state index contributed by atoms with van der Waals surface area (Å²) in [6, 6.07) is 17.2.